The lowest BCUT2D eigenvalue weighted by Crippen LogP contribution is -2.13. The lowest BCUT2D eigenvalue weighted by molar-refractivity contribution is 0.102. The summed E-state index contributed by atoms with van der Waals surface area (Å²) in [5, 5.41) is 3.85. The Morgan fingerprint density at radius 1 is 1.00 bits per heavy atom. The molecule has 0 aromatic heterocycles. The maximum Gasteiger partial charge on any atom is 0.257 e. The number of carbonyl (C=O) groups excluding carboxylic acids is 1. The van der Waals surface area contributed by atoms with Crippen LogP contribution in [-0.4, -0.2) is 5.91 Å². The molecule has 2 aromatic carbocycles. The van der Waals surface area contributed by atoms with Gasteiger partial charge in [0.15, 0.2) is 0 Å². The van der Waals surface area contributed by atoms with Crippen molar-refractivity contribution in [2.75, 3.05) is 11.1 Å². The Balaban J connectivity index is 2.30. The Kier molecular flexibility index (Phi) is 4.20. The van der Waals surface area contributed by atoms with Gasteiger partial charge in [-0.2, -0.15) is 0 Å². The first kappa shape index (κ1) is 14.0. The number of carbonyl (C=O) groups is 1. The van der Waals surface area contributed by atoms with Gasteiger partial charge in [0.25, 0.3) is 5.91 Å². The van der Waals surface area contributed by atoms with Gasteiger partial charge in [0, 0.05) is 10.0 Å². The molecule has 0 atom stereocenters. The lowest BCUT2D eigenvalue weighted by Gasteiger charge is -2.09. The molecule has 0 unspecified atom stereocenters. The monoisotopic (exact) mass is 314 g/mol. The second kappa shape index (κ2) is 5.70. The van der Waals surface area contributed by atoms with Gasteiger partial charge in [0.05, 0.1) is 22.0 Å². The Morgan fingerprint density at radius 2 is 1.63 bits per heavy atom. The standard InChI is InChI=1S/C13H9Cl3N2O/c14-7-1-3-10(16)9(5-7)13(19)18-12-6-8(15)2-4-11(12)17/h1-6H,17H2,(H,18,19). The molecule has 0 radical (unpaired) electrons. The summed E-state index contributed by atoms with van der Waals surface area (Å²) >= 11 is 17.6. The molecule has 3 nitrogen and oxygen atoms in total. The minimum Gasteiger partial charge on any atom is -0.397 e. The summed E-state index contributed by atoms with van der Waals surface area (Å²) in [4.78, 5) is 12.1. The zero-order valence-corrected chi connectivity index (χ0v) is 11.9. The number of rotatable bonds is 2. The average Bonchev–Trinajstić information content (AvgIpc) is 2.36. The molecule has 0 fully saturated rings. The van der Waals surface area contributed by atoms with Crippen LogP contribution < -0.4 is 11.1 Å². The highest BCUT2D eigenvalue weighted by Crippen LogP contribution is 2.26. The van der Waals surface area contributed by atoms with Gasteiger partial charge in [-0.3, -0.25) is 4.79 Å². The molecule has 1 amide bonds. The van der Waals surface area contributed by atoms with Crippen LogP contribution in [0.2, 0.25) is 15.1 Å². The van der Waals surface area contributed by atoms with E-state index in [1.807, 2.05) is 0 Å². The summed E-state index contributed by atoms with van der Waals surface area (Å²) in [5.74, 6) is -0.401. The van der Waals surface area contributed by atoms with E-state index < -0.39 is 5.91 Å². The van der Waals surface area contributed by atoms with Crippen LogP contribution in [0.3, 0.4) is 0 Å². The van der Waals surface area contributed by atoms with E-state index >= 15 is 0 Å². The second-order valence-electron chi connectivity index (χ2n) is 3.81. The predicted octanol–water partition coefficient (Wildman–Crippen LogP) is 4.48. The summed E-state index contributed by atoms with van der Waals surface area (Å²) in [5.41, 5.74) is 6.86. The number of nitrogen functional groups attached to an aromatic ring is 1. The van der Waals surface area contributed by atoms with E-state index in [1.165, 1.54) is 6.07 Å². The molecule has 0 bridgehead atoms. The minimum absolute atomic E-state index is 0.272. The Bertz CT molecular complexity index is 644. The molecule has 19 heavy (non-hydrogen) atoms. The molecule has 0 spiro atoms. The first-order valence-corrected chi connectivity index (χ1v) is 6.42. The van der Waals surface area contributed by atoms with Gasteiger partial charge in [0.1, 0.15) is 0 Å². The van der Waals surface area contributed by atoms with Gasteiger partial charge < -0.3 is 11.1 Å². The fourth-order valence-electron chi connectivity index (χ4n) is 1.50. The first-order valence-electron chi connectivity index (χ1n) is 5.29. The number of amides is 1. The molecule has 6 heteroatoms. The van der Waals surface area contributed by atoms with Gasteiger partial charge in [0.2, 0.25) is 0 Å². The maximum absolute atomic E-state index is 12.1. The lowest BCUT2D eigenvalue weighted by atomic mass is 10.2. The summed E-state index contributed by atoms with van der Waals surface area (Å²) in [6.45, 7) is 0. The van der Waals surface area contributed by atoms with E-state index in [0.717, 1.165) is 0 Å². The molecular formula is C13H9Cl3N2O. The third-order valence-corrected chi connectivity index (χ3v) is 3.24. The predicted molar refractivity (Wildman–Crippen MR) is 80.3 cm³/mol. The van der Waals surface area contributed by atoms with Crippen molar-refractivity contribution in [2.45, 2.75) is 0 Å². The van der Waals surface area contributed by atoms with Crippen LogP contribution >= 0.6 is 34.8 Å². The molecule has 0 saturated carbocycles. The summed E-state index contributed by atoms with van der Waals surface area (Å²) in [7, 11) is 0. The quantitative estimate of drug-likeness (QED) is 0.803. The number of nitrogens with one attached hydrogen (secondary N) is 1. The van der Waals surface area contributed by atoms with Gasteiger partial charge in [-0.1, -0.05) is 34.8 Å². The van der Waals surface area contributed by atoms with Crippen molar-refractivity contribution in [1.82, 2.24) is 0 Å². The molecule has 3 N–H and O–H groups in total. The van der Waals surface area contributed by atoms with Crippen LogP contribution in [0, 0.1) is 0 Å². The molecule has 0 aliphatic carbocycles. The van der Waals surface area contributed by atoms with Gasteiger partial charge in [-0.05, 0) is 36.4 Å². The summed E-state index contributed by atoms with van der Waals surface area (Å²) in [6, 6.07) is 9.46. The molecule has 2 rings (SSSR count). The number of benzene rings is 2. The zero-order chi connectivity index (χ0) is 14.0. The van der Waals surface area contributed by atoms with E-state index in [-0.39, 0.29) is 5.56 Å². The molecule has 2 aromatic rings. The van der Waals surface area contributed by atoms with Crippen LogP contribution in [0.5, 0.6) is 0 Å². The molecule has 0 saturated heterocycles. The summed E-state index contributed by atoms with van der Waals surface area (Å²) < 4.78 is 0. The van der Waals surface area contributed by atoms with Gasteiger partial charge in [-0.15, -0.1) is 0 Å². The van der Waals surface area contributed by atoms with Crippen LogP contribution in [-0.2, 0) is 0 Å². The van der Waals surface area contributed by atoms with Gasteiger partial charge in [-0.25, -0.2) is 0 Å². The Labute approximate surface area is 125 Å². The number of nitrogens with two attached hydrogens (primary N) is 1. The van der Waals surface area contributed by atoms with Crippen molar-refractivity contribution in [3.05, 3.63) is 57.0 Å². The largest absolute Gasteiger partial charge is 0.397 e. The number of hydrogen-bond donors (Lipinski definition) is 2. The van der Waals surface area contributed by atoms with E-state index in [9.17, 15) is 4.79 Å². The maximum atomic E-state index is 12.1. The van der Waals surface area contributed by atoms with Crippen molar-refractivity contribution in [3.8, 4) is 0 Å². The van der Waals surface area contributed by atoms with Crippen molar-refractivity contribution >= 4 is 52.1 Å². The van der Waals surface area contributed by atoms with Crippen LogP contribution in [0.1, 0.15) is 10.4 Å². The SMILES string of the molecule is Nc1ccc(Cl)cc1NC(=O)c1cc(Cl)ccc1Cl. The van der Waals surface area contributed by atoms with Crippen molar-refractivity contribution in [1.29, 1.82) is 0 Å². The average molecular weight is 316 g/mol. The fraction of sp³-hybridized carbons (Fsp3) is 0. The van der Waals surface area contributed by atoms with E-state index in [2.05, 4.69) is 5.32 Å². The van der Waals surface area contributed by atoms with Crippen molar-refractivity contribution in [3.63, 3.8) is 0 Å². The second-order valence-corrected chi connectivity index (χ2v) is 5.09. The first-order chi connectivity index (χ1) is 8.97. The van der Waals surface area contributed by atoms with E-state index in [0.29, 0.717) is 26.4 Å². The normalized spacial score (nSPS) is 10.3. The smallest absolute Gasteiger partial charge is 0.257 e. The summed E-state index contributed by atoms with van der Waals surface area (Å²) in [6.07, 6.45) is 0. The highest BCUT2D eigenvalue weighted by Gasteiger charge is 2.12. The highest BCUT2D eigenvalue weighted by atomic mass is 35.5. The molecular weight excluding hydrogens is 307 g/mol. The molecule has 0 aliphatic heterocycles. The van der Waals surface area contributed by atoms with E-state index in [1.54, 1.807) is 30.3 Å². The van der Waals surface area contributed by atoms with Crippen molar-refractivity contribution in [2.24, 2.45) is 0 Å². The fourth-order valence-corrected chi connectivity index (χ4v) is 2.05. The minimum atomic E-state index is -0.401. The number of hydrogen-bond acceptors (Lipinski definition) is 2. The third kappa shape index (κ3) is 3.32. The van der Waals surface area contributed by atoms with E-state index in [4.69, 9.17) is 40.5 Å². The topological polar surface area (TPSA) is 55.1 Å². The Hall–Kier alpha value is -1.42. The third-order valence-electron chi connectivity index (χ3n) is 2.44. The van der Waals surface area contributed by atoms with Crippen LogP contribution in [0.4, 0.5) is 11.4 Å². The van der Waals surface area contributed by atoms with Gasteiger partial charge >= 0.3 is 0 Å². The zero-order valence-electron chi connectivity index (χ0n) is 9.58. The van der Waals surface area contributed by atoms with Crippen LogP contribution in [0.15, 0.2) is 36.4 Å². The highest BCUT2D eigenvalue weighted by molar-refractivity contribution is 6.36. The van der Waals surface area contributed by atoms with Crippen LogP contribution in [0.25, 0.3) is 0 Å². The van der Waals surface area contributed by atoms with Crippen molar-refractivity contribution < 1.29 is 4.79 Å². The molecule has 0 heterocycles. The molecule has 98 valence electrons. The Morgan fingerprint density at radius 3 is 2.37 bits per heavy atom. The number of halogens is 3. The number of anilines is 2. The molecule has 0 aliphatic rings.